The van der Waals surface area contributed by atoms with Gasteiger partial charge < -0.3 is 20.7 Å². The summed E-state index contributed by atoms with van der Waals surface area (Å²) in [6.07, 6.45) is 0. The van der Waals surface area contributed by atoms with Crippen molar-refractivity contribution in [3.8, 4) is 5.75 Å². The molecular formula is C18H23N3O2. The predicted octanol–water partition coefficient (Wildman–Crippen LogP) is 3.05. The van der Waals surface area contributed by atoms with E-state index in [2.05, 4.69) is 11.4 Å². The van der Waals surface area contributed by atoms with Crippen molar-refractivity contribution in [2.24, 2.45) is 0 Å². The largest absolute Gasteiger partial charge is 0.495 e. The number of hydrogen-bond donors (Lipinski definition) is 2. The molecule has 0 heterocycles. The number of likely N-dealkylation sites (N-methyl/N-ethyl adjacent to an activating group) is 1. The number of ether oxygens (including phenoxy) is 1. The number of nitrogens with two attached hydrogens (primary N) is 1. The monoisotopic (exact) mass is 313 g/mol. The highest BCUT2D eigenvalue weighted by Gasteiger charge is 2.12. The fraction of sp³-hybridized carbons (Fsp3) is 0.278. The molecule has 0 aliphatic rings. The normalized spacial score (nSPS) is 10.2. The number of carbonyl (C=O) groups is 1. The lowest BCUT2D eigenvalue weighted by Crippen LogP contribution is -2.33. The lowest BCUT2D eigenvalue weighted by atomic mass is 10.2. The van der Waals surface area contributed by atoms with Crippen LogP contribution in [0.25, 0.3) is 0 Å². The highest BCUT2D eigenvalue weighted by Crippen LogP contribution is 2.26. The predicted molar refractivity (Wildman–Crippen MR) is 95.1 cm³/mol. The summed E-state index contributed by atoms with van der Waals surface area (Å²) in [5, 5.41) is 2.87. The van der Waals surface area contributed by atoms with Crippen LogP contribution in [-0.4, -0.2) is 26.1 Å². The van der Waals surface area contributed by atoms with Crippen LogP contribution in [0.2, 0.25) is 0 Å². The Labute approximate surface area is 137 Å². The van der Waals surface area contributed by atoms with Crippen molar-refractivity contribution < 1.29 is 9.53 Å². The summed E-state index contributed by atoms with van der Waals surface area (Å²) in [7, 11) is 1.56. The van der Waals surface area contributed by atoms with E-state index < -0.39 is 0 Å². The minimum atomic E-state index is -0.114. The number of anilines is 3. The molecule has 0 bridgehead atoms. The van der Waals surface area contributed by atoms with Gasteiger partial charge >= 0.3 is 0 Å². The van der Waals surface area contributed by atoms with Crippen LogP contribution in [-0.2, 0) is 4.79 Å². The van der Waals surface area contributed by atoms with Gasteiger partial charge in [-0.25, -0.2) is 0 Å². The molecule has 0 aromatic heterocycles. The maximum absolute atomic E-state index is 12.4. The maximum Gasteiger partial charge on any atom is 0.243 e. The van der Waals surface area contributed by atoms with Crippen molar-refractivity contribution in [2.75, 3.05) is 36.1 Å². The average molecular weight is 313 g/mol. The number of carbonyl (C=O) groups excluding carboxylic acids is 1. The maximum atomic E-state index is 12.4. The molecule has 0 fully saturated rings. The van der Waals surface area contributed by atoms with Gasteiger partial charge in [0.25, 0.3) is 0 Å². The Bertz CT molecular complexity index is 686. The second-order valence-corrected chi connectivity index (χ2v) is 5.36. The Morgan fingerprint density at radius 1 is 1.26 bits per heavy atom. The van der Waals surface area contributed by atoms with Gasteiger partial charge in [0.05, 0.1) is 19.3 Å². The standard InChI is InChI=1S/C18H23N3O2/c1-4-21(15-7-5-6-13(2)10-15)12-18(22)20-16-11-14(19)8-9-17(16)23-3/h5-11H,4,12,19H2,1-3H3,(H,20,22). The minimum Gasteiger partial charge on any atom is -0.495 e. The molecule has 0 saturated heterocycles. The Hall–Kier alpha value is -2.69. The van der Waals surface area contributed by atoms with E-state index in [1.165, 1.54) is 5.56 Å². The summed E-state index contributed by atoms with van der Waals surface area (Å²) in [4.78, 5) is 14.4. The van der Waals surface area contributed by atoms with Crippen molar-refractivity contribution in [2.45, 2.75) is 13.8 Å². The number of rotatable bonds is 6. The molecule has 2 aromatic carbocycles. The number of aryl methyl sites for hydroxylation is 1. The van der Waals surface area contributed by atoms with E-state index in [9.17, 15) is 4.79 Å². The second-order valence-electron chi connectivity index (χ2n) is 5.36. The molecule has 0 aliphatic heterocycles. The Balaban J connectivity index is 2.10. The highest BCUT2D eigenvalue weighted by atomic mass is 16.5. The molecule has 1 amide bonds. The topological polar surface area (TPSA) is 67.6 Å². The van der Waals surface area contributed by atoms with E-state index >= 15 is 0 Å². The summed E-state index contributed by atoms with van der Waals surface area (Å²) in [6.45, 7) is 5.06. The summed E-state index contributed by atoms with van der Waals surface area (Å²) in [6, 6.07) is 13.3. The molecule has 5 nitrogen and oxygen atoms in total. The number of amides is 1. The molecule has 23 heavy (non-hydrogen) atoms. The summed E-state index contributed by atoms with van der Waals surface area (Å²) in [5.74, 6) is 0.475. The Morgan fingerprint density at radius 3 is 2.70 bits per heavy atom. The molecule has 3 N–H and O–H groups in total. The number of nitrogen functional groups attached to an aromatic ring is 1. The first-order valence-electron chi connectivity index (χ1n) is 7.58. The molecule has 0 radical (unpaired) electrons. The van der Waals surface area contributed by atoms with E-state index in [-0.39, 0.29) is 12.5 Å². The van der Waals surface area contributed by atoms with E-state index in [0.717, 1.165) is 12.2 Å². The fourth-order valence-electron chi connectivity index (χ4n) is 2.40. The van der Waals surface area contributed by atoms with Gasteiger partial charge in [-0.2, -0.15) is 0 Å². The molecule has 5 heteroatoms. The molecule has 0 aliphatic carbocycles. The van der Waals surface area contributed by atoms with E-state index in [1.807, 2.05) is 36.9 Å². The lowest BCUT2D eigenvalue weighted by Gasteiger charge is -2.23. The van der Waals surface area contributed by atoms with Crippen molar-refractivity contribution in [1.82, 2.24) is 0 Å². The molecule has 2 rings (SSSR count). The lowest BCUT2D eigenvalue weighted by molar-refractivity contribution is -0.115. The zero-order chi connectivity index (χ0) is 16.8. The number of nitrogens with one attached hydrogen (secondary N) is 1. The van der Waals surface area contributed by atoms with Gasteiger partial charge in [0.2, 0.25) is 5.91 Å². The highest BCUT2D eigenvalue weighted by molar-refractivity contribution is 5.95. The number of nitrogens with zero attached hydrogens (tertiary/aromatic N) is 1. The van der Waals surface area contributed by atoms with Gasteiger partial charge in [0.15, 0.2) is 0 Å². The molecule has 2 aromatic rings. The van der Waals surface area contributed by atoms with Gasteiger partial charge in [-0.05, 0) is 49.7 Å². The Kier molecular flexibility index (Phi) is 5.46. The first-order valence-corrected chi connectivity index (χ1v) is 7.58. The van der Waals surface area contributed by atoms with Crippen molar-refractivity contribution in [3.63, 3.8) is 0 Å². The molecule has 0 saturated carbocycles. The number of hydrogen-bond acceptors (Lipinski definition) is 4. The van der Waals surface area contributed by atoms with Gasteiger partial charge in [0.1, 0.15) is 5.75 Å². The third-order valence-electron chi connectivity index (χ3n) is 3.58. The SMILES string of the molecule is CCN(CC(=O)Nc1cc(N)ccc1OC)c1cccc(C)c1. The smallest absolute Gasteiger partial charge is 0.243 e. The van der Waals surface area contributed by atoms with Gasteiger partial charge in [-0.1, -0.05) is 12.1 Å². The number of benzene rings is 2. The van der Waals surface area contributed by atoms with Crippen LogP contribution in [0.15, 0.2) is 42.5 Å². The average Bonchev–Trinajstić information content (AvgIpc) is 2.53. The Morgan fingerprint density at radius 2 is 2.04 bits per heavy atom. The van der Waals surface area contributed by atoms with Crippen LogP contribution in [0, 0.1) is 6.92 Å². The van der Waals surface area contributed by atoms with Crippen molar-refractivity contribution in [1.29, 1.82) is 0 Å². The van der Waals surface area contributed by atoms with Crippen molar-refractivity contribution in [3.05, 3.63) is 48.0 Å². The fourth-order valence-corrected chi connectivity index (χ4v) is 2.40. The van der Waals surface area contributed by atoms with E-state index in [0.29, 0.717) is 17.1 Å². The molecule has 0 atom stereocenters. The zero-order valence-corrected chi connectivity index (χ0v) is 13.8. The van der Waals surface area contributed by atoms with E-state index in [4.69, 9.17) is 10.5 Å². The minimum absolute atomic E-state index is 0.114. The van der Waals surface area contributed by atoms with Crippen LogP contribution < -0.4 is 20.7 Å². The van der Waals surface area contributed by atoms with Crippen molar-refractivity contribution >= 4 is 23.0 Å². The molecular weight excluding hydrogens is 290 g/mol. The van der Waals surface area contributed by atoms with Gasteiger partial charge in [-0.3, -0.25) is 4.79 Å². The quantitative estimate of drug-likeness (QED) is 0.804. The third-order valence-corrected chi connectivity index (χ3v) is 3.58. The zero-order valence-electron chi connectivity index (χ0n) is 13.8. The number of methoxy groups -OCH3 is 1. The third kappa shape index (κ3) is 4.39. The second kappa shape index (κ2) is 7.54. The molecule has 122 valence electrons. The summed E-state index contributed by atoms with van der Waals surface area (Å²) < 4.78 is 5.25. The summed E-state index contributed by atoms with van der Waals surface area (Å²) >= 11 is 0. The van der Waals surface area contributed by atoms with Crippen LogP contribution >= 0.6 is 0 Å². The molecule has 0 unspecified atom stereocenters. The summed E-state index contributed by atoms with van der Waals surface area (Å²) in [5.41, 5.74) is 9.13. The molecule has 0 spiro atoms. The van der Waals surface area contributed by atoms with Crippen LogP contribution in [0.3, 0.4) is 0 Å². The first-order chi connectivity index (χ1) is 11.0. The van der Waals surface area contributed by atoms with Crippen LogP contribution in [0.4, 0.5) is 17.1 Å². The van der Waals surface area contributed by atoms with E-state index in [1.54, 1.807) is 25.3 Å². The van der Waals surface area contributed by atoms with Crippen LogP contribution in [0.5, 0.6) is 5.75 Å². The van der Waals surface area contributed by atoms with Gasteiger partial charge in [-0.15, -0.1) is 0 Å². The first kappa shape index (κ1) is 16.7. The van der Waals surface area contributed by atoms with Crippen LogP contribution in [0.1, 0.15) is 12.5 Å². The van der Waals surface area contributed by atoms with Gasteiger partial charge in [0, 0.05) is 17.9 Å².